The molecule has 29 heavy (non-hydrogen) atoms. The second-order valence-electron chi connectivity index (χ2n) is 8.34. The SMILES string of the molecule is CCOc1cc(CN2C3CCC2CC(O)(c2ccccc2F)C3)c(C)cc1OC. The molecule has 2 aliphatic rings. The number of ether oxygens (including phenoxy) is 2. The van der Waals surface area contributed by atoms with E-state index in [4.69, 9.17) is 9.47 Å². The number of aryl methyl sites for hydroxylation is 1. The molecule has 2 aliphatic heterocycles. The molecule has 1 N–H and O–H groups in total. The van der Waals surface area contributed by atoms with E-state index in [-0.39, 0.29) is 17.9 Å². The first-order chi connectivity index (χ1) is 13.9. The molecule has 0 amide bonds. The molecule has 2 heterocycles. The van der Waals surface area contributed by atoms with Crippen molar-refractivity contribution in [2.45, 2.75) is 63.8 Å². The molecule has 5 heteroatoms. The van der Waals surface area contributed by atoms with Crippen molar-refractivity contribution in [3.8, 4) is 11.5 Å². The zero-order valence-electron chi connectivity index (χ0n) is 17.5. The first-order valence-electron chi connectivity index (χ1n) is 10.5. The molecule has 0 radical (unpaired) electrons. The summed E-state index contributed by atoms with van der Waals surface area (Å²) in [5.41, 5.74) is 1.73. The average Bonchev–Trinajstić information content (AvgIpc) is 2.94. The summed E-state index contributed by atoms with van der Waals surface area (Å²) in [5.74, 6) is 1.21. The Morgan fingerprint density at radius 3 is 2.45 bits per heavy atom. The number of rotatable bonds is 6. The second kappa shape index (κ2) is 7.96. The number of halogens is 1. The number of nitrogens with zero attached hydrogens (tertiary/aromatic N) is 1. The molecular formula is C24H30FNO3. The summed E-state index contributed by atoms with van der Waals surface area (Å²) in [5, 5.41) is 11.3. The number of fused-ring (bicyclic) bond motifs is 2. The van der Waals surface area contributed by atoms with Gasteiger partial charge in [-0.15, -0.1) is 0 Å². The van der Waals surface area contributed by atoms with Gasteiger partial charge in [-0.3, -0.25) is 4.90 Å². The van der Waals surface area contributed by atoms with Gasteiger partial charge in [-0.2, -0.15) is 0 Å². The lowest BCUT2D eigenvalue weighted by atomic mass is 9.80. The maximum Gasteiger partial charge on any atom is 0.161 e. The van der Waals surface area contributed by atoms with Crippen molar-refractivity contribution >= 4 is 0 Å². The third kappa shape index (κ3) is 3.74. The van der Waals surface area contributed by atoms with Gasteiger partial charge in [0.15, 0.2) is 11.5 Å². The van der Waals surface area contributed by atoms with Crippen LogP contribution < -0.4 is 9.47 Å². The molecule has 2 unspecified atom stereocenters. The summed E-state index contributed by atoms with van der Waals surface area (Å²) in [6, 6.07) is 11.3. The predicted octanol–water partition coefficient (Wildman–Crippen LogP) is 4.56. The Hall–Kier alpha value is -2.11. The normalized spacial score (nSPS) is 26.5. The quantitative estimate of drug-likeness (QED) is 0.773. The summed E-state index contributed by atoms with van der Waals surface area (Å²) < 4.78 is 25.6. The van der Waals surface area contributed by atoms with Crippen molar-refractivity contribution in [2.75, 3.05) is 13.7 Å². The molecule has 0 saturated carbocycles. The van der Waals surface area contributed by atoms with E-state index in [0.29, 0.717) is 25.0 Å². The van der Waals surface area contributed by atoms with Gasteiger partial charge in [0.2, 0.25) is 0 Å². The summed E-state index contributed by atoms with van der Waals surface area (Å²) in [6.45, 7) is 5.45. The Labute approximate surface area is 172 Å². The van der Waals surface area contributed by atoms with Crippen LogP contribution in [0, 0.1) is 12.7 Å². The molecule has 4 rings (SSSR count). The van der Waals surface area contributed by atoms with Crippen molar-refractivity contribution < 1.29 is 19.0 Å². The summed E-state index contributed by atoms with van der Waals surface area (Å²) in [6.07, 6.45) is 3.21. The second-order valence-corrected chi connectivity index (χ2v) is 8.34. The zero-order valence-corrected chi connectivity index (χ0v) is 17.5. The highest BCUT2D eigenvalue weighted by atomic mass is 19.1. The van der Waals surface area contributed by atoms with E-state index in [2.05, 4.69) is 17.9 Å². The van der Waals surface area contributed by atoms with Crippen LogP contribution in [0.15, 0.2) is 36.4 Å². The van der Waals surface area contributed by atoms with Crippen molar-refractivity contribution in [1.82, 2.24) is 4.90 Å². The zero-order chi connectivity index (χ0) is 20.6. The van der Waals surface area contributed by atoms with Crippen LogP contribution in [0.5, 0.6) is 11.5 Å². The number of methoxy groups -OCH3 is 1. The lowest BCUT2D eigenvalue weighted by Gasteiger charge is -2.44. The molecule has 0 aliphatic carbocycles. The molecule has 0 spiro atoms. The Bertz CT molecular complexity index is 870. The van der Waals surface area contributed by atoms with Crippen LogP contribution in [-0.4, -0.2) is 35.8 Å². The van der Waals surface area contributed by atoms with Crippen LogP contribution in [0.2, 0.25) is 0 Å². The van der Waals surface area contributed by atoms with Gasteiger partial charge >= 0.3 is 0 Å². The van der Waals surface area contributed by atoms with Crippen molar-refractivity contribution in [2.24, 2.45) is 0 Å². The van der Waals surface area contributed by atoms with Crippen molar-refractivity contribution in [3.63, 3.8) is 0 Å². The van der Waals surface area contributed by atoms with E-state index in [0.717, 1.165) is 30.9 Å². The van der Waals surface area contributed by atoms with Crippen LogP contribution in [0.25, 0.3) is 0 Å². The minimum atomic E-state index is -1.08. The first-order valence-corrected chi connectivity index (χ1v) is 10.5. The van der Waals surface area contributed by atoms with Gasteiger partial charge in [-0.05, 0) is 68.9 Å². The number of piperidine rings is 1. The Balaban J connectivity index is 1.57. The smallest absolute Gasteiger partial charge is 0.161 e. The standard InChI is InChI=1S/C24H30FNO3/c1-4-29-23-12-17(16(2)11-22(23)28-3)15-26-18-9-10-19(26)14-24(27,13-18)20-7-5-6-8-21(20)25/h5-8,11-12,18-19,27H,4,9-10,13-15H2,1-3H3. The third-order valence-electron chi connectivity index (χ3n) is 6.57. The fourth-order valence-corrected chi connectivity index (χ4v) is 5.13. The maximum absolute atomic E-state index is 14.4. The van der Waals surface area contributed by atoms with Crippen molar-refractivity contribution in [3.05, 3.63) is 58.9 Å². The van der Waals surface area contributed by atoms with Crippen LogP contribution >= 0.6 is 0 Å². The molecule has 2 atom stereocenters. The van der Waals surface area contributed by atoms with Crippen LogP contribution in [0.4, 0.5) is 4.39 Å². The molecule has 2 aromatic rings. The summed E-state index contributed by atoms with van der Waals surface area (Å²) >= 11 is 0. The molecule has 156 valence electrons. The van der Waals surface area contributed by atoms with Gasteiger partial charge in [0.25, 0.3) is 0 Å². The molecular weight excluding hydrogens is 369 g/mol. The number of aliphatic hydroxyl groups is 1. The minimum Gasteiger partial charge on any atom is -0.493 e. The van der Waals surface area contributed by atoms with E-state index in [1.54, 1.807) is 25.3 Å². The van der Waals surface area contributed by atoms with Crippen LogP contribution in [0.1, 0.15) is 49.3 Å². The highest BCUT2D eigenvalue weighted by molar-refractivity contribution is 5.47. The van der Waals surface area contributed by atoms with Crippen LogP contribution in [-0.2, 0) is 12.1 Å². The first kappa shape index (κ1) is 20.2. The fraction of sp³-hybridized carbons (Fsp3) is 0.500. The fourth-order valence-electron chi connectivity index (χ4n) is 5.13. The minimum absolute atomic E-state index is 0.246. The van der Waals surface area contributed by atoms with E-state index in [1.165, 1.54) is 17.2 Å². The summed E-state index contributed by atoms with van der Waals surface area (Å²) in [4.78, 5) is 2.49. The van der Waals surface area contributed by atoms with Crippen LogP contribution in [0.3, 0.4) is 0 Å². The average molecular weight is 400 g/mol. The largest absolute Gasteiger partial charge is 0.493 e. The Kier molecular flexibility index (Phi) is 5.54. The predicted molar refractivity (Wildman–Crippen MR) is 111 cm³/mol. The topological polar surface area (TPSA) is 41.9 Å². The Morgan fingerprint density at radius 2 is 1.83 bits per heavy atom. The van der Waals surface area contributed by atoms with Crippen molar-refractivity contribution in [1.29, 1.82) is 0 Å². The molecule has 2 aromatic carbocycles. The van der Waals surface area contributed by atoms with Gasteiger partial charge in [0.1, 0.15) is 5.82 Å². The van der Waals surface area contributed by atoms with E-state index in [1.807, 2.05) is 13.0 Å². The molecule has 4 nitrogen and oxygen atoms in total. The lowest BCUT2D eigenvalue weighted by molar-refractivity contribution is -0.0616. The molecule has 2 saturated heterocycles. The molecule has 0 aromatic heterocycles. The third-order valence-corrected chi connectivity index (χ3v) is 6.57. The van der Waals surface area contributed by atoms with Gasteiger partial charge in [0, 0.05) is 24.2 Å². The monoisotopic (exact) mass is 399 g/mol. The van der Waals surface area contributed by atoms with Gasteiger partial charge in [-0.25, -0.2) is 4.39 Å². The Morgan fingerprint density at radius 1 is 1.14 bits per heavy atom. The lowest BCUT2D eigenvalue weighted by Crippen LogP contribution is -2.49. The van der Waals surface area contributed by atoms with Gasteiger partial charge < -0.3 is 14.6 Å². The van der Waals surface area contributed by atoms with Gasteiger partial charge in [-0.1, -0.05) is 18.2 Å². The number of benzene rings is 2. The number of hydrogen-bond donors (Lipinski definition) is 1. The van der Waals surface area contributed by atoms with Gasteiger partial charge in [0.05, 0.1) is 19.3 Å². The molecule has 2 bridgehead atoms. The van der Waals surface area contributed by atoms with E-state index in [9.17, 15) is 9.50 Å². The van der Waals surface area contributed by atoms with E-state index >= 15 is 0 Å². The molecule has 2 fully saturated rings. The highest BCUT2D eigenvalue weighted by Gasteiger charge is 2.49. The van der Waals surface area contributed by atoms with E-state index < -0.39 is 5.60 Å². The summed E-state index contributed by atoms with van der Waals surface area (Å²) in [7, 11) is 1.66. The highest BCUT2D eigenvalue weighted by Crippen LogP contribution is 2.47. The number of hydrogen-bond acceptors (Lipinski definition) is 4. The maximum atomic E-state index is 14.4.